The van der Waals surface area contributed by atoms with E-state index in [9.17, 15) is 4.21 Å². The molecule has 1 unspecified atom stereocenters. The van der Waals surface area contributed by atoms with Gasteiger partial charge in [-0.25, -0.2) is 0 Å². The molecule has 0 bridgehead atoms. The standard InChI is InChI=1S/C12H15ClO2S/c1-15-10-5-6-11(13)12(7-10)16(14)8-9-3-2-4-9/h5-7,9H,2-4,8H2,1H3. The zero-order valence-corrected chi connectivity index (χ0v) is 10.8. The number of ether oxygens (including phenoxy) is 1. The third-order valence-corrected chi connectivity index (χ3v) is 5.04. The van der Waals surface area contributed by atoms with Gasteiger partial charge in [-0.15, -0.1) is 0 Å². The summed E-state index contributed by atoms with van der Waals surface area (Å²) in [6, 6.07) is 5.30. The highest BCUT2D eigenvalue weighted by molar-refractivity contribution is 7.85. The van der Waals surface area contributed by atoms with E-state index in [1.165, 1.54) is 19.3 Å². The molecule has 1 aromatic rings. The van der Waals surface area contributed by atoms with Crippen LogP contribution in [0.15, 0.2) is 23.1 Å². The lowest BCUT2D eigenvalue weighted by Crippen LogP contribution is -2.18. The Kier molecular flexibility index (Phi) is 3.87. The molecule has 0 aromatic heterocycles. The minimum atomic E-state index is -0.998. The van der Waals surface area contributed by atoms with Gasteiger partial charge in [0.05, 0.1) is 27.8 Å². The topological polar surface area (TPSA) is 26.3 Å². The average molecular weight is 259 g/mol. The highest BCUT2D eigenvalue weighted by atomic mass is 35.5. The zero-order valence-electron chi connectivity index (χ0n) is 9.24. The molecular weight excluding hydrogens is 244 g/mol. The van der Waals surface area contributed by atoms with Gasteiger partial charge in [-0.2, -0.15) is 0 Å². The normalized spacial score (nSPS) is 17.9. The fraction of sp³-hybridized carbons (Fsp3) is 0.500. The molecular formula is C12H15ClO2S. The molecule has 0 amide bonds. The van der Waals surface area contributed by atoms with E-state index < -0.39 is 10.8 Å². The molecule has 1 aliphatic rings. The lowest BCUT2D eigenvalue weighted by molar-refractivity contribution is 0.350. The number of rotatable bonds is 4. The minimum absolute atomic E-state index is 0.568. The SMILES string of the molecule is COc1ccc(Cl)c(S(=O)CC2CCC2)c1. The molecule has 1 aromatic carbocycles. The molecule has 0 N–H and O–H groups in total. The smallest absolute Gasteiger partial charge is 0.120 e. The van der Waals surface area contributed by atoms with Gasteiger partial charge < -0.3 is 4.74 Å². The van der Waals surface area contributed by atoms with Gasteiger partial charge in [0, 0.05) is 5.75 Å². The number of hydrogen-bond donors (Lipinski definition) is 0. The second kappa shape index (κ2) is 5.19. The molecule has 1 atom stereocenters. The number of benzene rings is 1. The first kappa shape index (κ1) is 11.9. The monoisotopic (exact) mass is 258 g/mol. The zero-order chi connectivity index (χ0) is 11.5. The van der Waals surface area contributed by atoms with Crippen molar-refractivity contribution < 1.29 is 8.95 Å². The van der Waals surface area contributed by atoms with E-state index in [-0.39, 0.29) is 0 Å². The third kappa shape index (κ3) is 2.58. The van der Waals surface area contributed by atoms with Crippen LogP contribution in [-0.4, -0.2) is 17.1 Å². The van der Waals surface area contributed by atoms with Crippen LogP contribution < -0.4 is 4.74 Å². The van der Waals surface area contributed by atoms with Gasteiger partial charge in [0.15, 0.2) is 0 Å². The average Bonchev–Trinajstić information content (AvgIpc) is 2.24. The van der Waals surface area contributed by atoms with Crippen molar-refractivity contribution in [2.45, 2.75) is 24.2 Å². The summed E-state index contributed by atoms with van der Waals surface area (Å²) in [5, 5.41) is 0.568. The summed E-state index contributed by atoms with van der Waals surface area (Å²) in [7, 11) is 0.602. The summed E-state index contributed by atoms with van der Waals surface area (Å²) >= 11 is 6.04. The van der Waals surface area contributed by atoms with Crippen LogP contribution in [0.25, 0.3) is 0 Å². The van der Waals surface area contributed by atoms with E-state index in [0.29, 0.717) is 21.6 Å². The molecule has 16 heavy (non-hydrogen) atoms. The van der Waals surface area contributed by atoms with E-state index in [4.69, 9.17) is 16.3 Å². The lowest BCUT2D eigenvalue weighted by Gasteiger charge is -2.24. The largest absolute Gasteiger partial charge is 0.497 e. The summed E-state index contributed by atoms with van der Waals surface area (Å²) in [5.74, 6) is 2.05. The van der Waals surface area contributed by atoms with Gasteiger partial charge in [0.1, 0.15) is 5.75 Å². The van der Waals surface area contributed by atoms with Gasteiger partial charge in [-0.05, 0) is 37.0 Å². The van der Waals surface area contributed by atoms with Gasteiger partial charge >= 0.3 is 0 Å². The maximum atomic E-state index is 12.1. The van der Waals surface area contributed by atoms with Gasteiger partial charge in [-0.3, -0.25) is 4.21 Å². The lowest BCUT2D eigenvalue weighted by atomic mass is 9.87. The maximum Gasteiger partial charge on any atom is 0.120 e. The van der Waals surface area contributed by atoms with Crippen LogP contribution in [0.4, 0.5) is 0 Å². The maximum absolute atomic E-state index is 12.1. The molecule has 2 nitrogen and oxygen atoms in total. The van der Waals surface area contributed by atoms with Gasteiger partial charge in [-0.1, -0.05) is 18.0 Å². The molecule has 4 heteroatoms. The fourth-order valence-electron chi connectivity index (χ4n) is 1.75. The Bertz CT molecular complexity index is 402. The fourth-order valence-corrected chi connectivity index (χ4v) is 3.60. The quantitative estimate of drug-likeness (QED) is 0.829. The third-order valence-electron chi connectivity index (χ3n) is 3.00. The minimum Gasteiger partial charge on any atom is -0.497 e. The molecule has 1 fully saturated rings. The van der Waals surface area contributed by atoms with Crippen LogP contribution in [-0.2, 0) is 10.8 Å². The second-order valence-corrected chi connectivity index (χ2v) is 5.98. The molecule has 1 saturated carbocycles. The van der Waals surface area contributed by atoms with Crippen LogP contribution in [0, 0.1) is 5.92 Å². The summed E-state index contributed by atoms with van der Waals surface area (Å²) in [4.78, 5) is 0.702. The summed E-state index contributed by atoms with van der Waals surface area (Å²) < 4.78 is 17.2. The Balaban J connectivity index is 2.13. The Hall–Kier alpha value is -0.540. The first-order valence-corrected chi connectivity index (χ1v) is 7.12. The molecule has 1 aliphatic carbocycles. The van der Waals surface area contributed by atoms with E-state index in [1.54, 1.807) is 25.3 Å². The Morgan fingerprint density at radius 3 is 2.81 bits per heavy atom. The van der Waals surface area contributed by atoms with Crippen molar-refractivity contribution in [2.24, 2.45) is 5.92 Å². The van der Waals surface area contributed by atoms with E-state index in [0.717, 1.165) is 5.75 Å². The summed E-state index contributed by atoms with van der Waals surface area (Å²) in [6.45, 7) is 0. The highest BCUT2D eigenvalue weighted by Gasteiger charge is 2.21. The van der Waals surface area contributed by atoms with Crippen LogP contribution in [0.3, 0.4) is 0 Å². The Labute approximate surface area is 103 Å². The van der Waals surface area contributed by atoms with E-state index in [1.807, 2.05) is 0 Å². The van der Waals surface area contributed by atoms with E-state index >= 15 is 0 Å². The van der Waals surface area contributed by atoms with Crippen LogP contribution in [0.1, 0.15) is 19.3 Å². The van der Waals surface area contributed by atoms with Crippen molar-refractivity contribution >= 4 is 22.4 Å². The van der Waals surface area contributed by atoms with Crippen molar-refractivity contribution in [3.05, 3.63) is 23.2 Å². The van der Waals surface area contributed by atoms with Crippen LogP contribution in [0.5, 0.6) is 5.75 Å². The van der Waals surface area contributed by atoms with Crippen molar-refractivity contribution in [3.8, 4) is 5.75 Å². The van der Waals surface area contributed by atoms with Crippen molar-refractivity contribution in [1.29, 1.82) is 0 Å². The number of methoxy groups -OCH3 is 1. The molecule has 0 spiro atoms. The molecule has 0 radical (unpaired) electrons. The highest BCUT2D eigenvalue weighted by Crippen LogP contribution is 2.31. The van der Waals surface area contributed by atoms with Crippen LogP contribution in [0.2, 0.25) is 5.02 Å². The van der Waals surface area contributed by atoms with Crippen molar-refractivity contribution in [3.63, 3.8) is 0 Å². The van der Waals surface area contributed by atoms with Crippen molar-refractivity contribution in [2.75, 3.05) is 12.9 Å². The molecule has 0 saturated heterocycles. The predicted octanol–water partition coefficient (Wildman–Crippen LogP) is 3.26. The van der Waals surface area contributed by atoms with Crippen LogP contribution >= 0.6 is 11.6 Å². The van der Waals surface area contributed by atoms with E-state index in [2.05, 4.69) is 0 Å². The Morgan fingerprint density at radius 2 is 2.25 bits per heavy atom. The molecule has 88 valence electrons. The first-order valence-electron chi connectivity index (χ1n) is 5.42. The van der Waals surface area contributed by atoms with Gasteiger partial charge in [0.25, 0.3) is 0 Å². The second-order valence-electron chi connectivity index (χ2n) is 4.11. The van der Waals surface area contributed by atoms with Gasteiger partial charge in [0.2, 0.25) is 0 Å². The van der Waals surface area contributed by atoms with Crippen molar-refractivity contribution in [1.82, 2.24) is 0 Å². The molecule has 2 rings (SSSR count). The summed E-state index contributed by atoms with van der Waals surface area (Å²) in [5.41, 5.74) is 0. The number of hydrogen-bond acceptors (Lipinski definition) is 2. The Morgan fingerprint density at radius 1 is 1.50 bits per heavy atom. The summed E-state index contributed by atoms with van der Waals surface area (Å²) in [6.07, 6.45) is 3.67. The molecule has 0 aliphatic heterocycles. The predicted molar refractivity (Wildman–Crippen MR) is 66.6 cm³/mol. The number of halogens is 1. The first-order chi connectivity index (χ1) is 7.70. The molecule has 0 heterocycles.